The normalized spacial score (nSPS) is 18.0. The second-order valence-corrected chi connectivity index (χ2v) is 8.59. The highest BCUT2D eigenvalue weighted by molar-refractivity contribution is 5.66. The highest BCUT2D eigenvalue weighted by Gasteiger charge is 2.26. The molecule has 1 aliphatic heterocycles. The van der Waals surface area contributed by atoms with Gasteiger partial charge in [-0.1, -0.05) is 18.2 Å². The molecule has 2 N–H and O–H groups in total. The quantitative estimate of drug-likeness (QED) is 0.492. The van der Waals surface area contributed by atoms with Crippen LogP contribution in [0.5, 0.6) is 5.75 Å². The van der Waals surface area contributed by atoms with E-state index in [1.807, 2.05) is 0 Å². The molecule has 2 aliphatic rings. The van der Waals surface area contributed by atoms with Crippen molar-refractivity contribution in [3.8, 4) is 5.75 Å². The molecule has 5 rings (SSSR count). The first-order valence-corrected chi connectivity index (χ1v) is 11.1. The molecule has 1 saturated carbocycles. The fraction of sp³-hybridized carbons (Fsp3) is 0.346. The minimum absolute atomic E-state index is 0.218. The minimum Gasteiger partial charge on any atom is -0.493 e. The van der Waals surface area contributed by atoms with Gasteiger partial charge in [0.05, 0.1) is 18.5 Å². The number of aliphatic hydroxyl groups excluding tert-OH is 1. The third-order valence-electron chi connectivity index (χ3n) is 6.48. The summed E-state index contributed by atoms with van der Waals surface area (Å²) in [7, 11) is 3.57. The maximum absolute atomic E-state index is 10.1. The van der Waals surface area contributed by atoms with Crippen LogP contribution in [0.4, 0.5) is 17.1 Å². The van der Waals surface area contributed by atoms with Gasteiger partial charge in [0.25, 0.3) is 0 Å². The summed E-state index contributed by atoms with van der Waals surface area (Å²) in [5.74, 6) is 1.92. The average Bonchev–Trinajstić information content (AvgIpc) is 3.62. The van der Waals surface area contributed by atoms with Crippen LogP contribution >= 0.6 is 0 Å². The molecule has 0 spiro atoms. The lowest BCUT2D eigenvalue weighted by Crippen LogP contribution is -2.16. The van der Waals surface area contributed by atoms with E-state index >= 15 is 0 Å². The fourth-order valence-corrected chi connectivity index (χ4v) is 4.31. The van der Waals surface area contributed by atoms with Crippen molar-refractivity contribution in [3.05, 3.63) is 77.6 Å². The van der Waals surface area contributed by atoms with Crippen LogP contribution in [0, 0.1) is 0 Å². The Bertz CT molecular complexity index is 1080. The van der Waals surface area contributed by atoms with Crippen molar-refractivity contribution in [2.75, 3.05) is 37.5 Å². The molecule has 166 valence electrons. The number of hydrogen-bond donors (Lipinski definition) is 2. The summed E-state index contributed by atoms with van der Waals surface area (Å²) in [6, 6.07) is 17.1. The van der Waals surface area contributed by atoms with Crippen molar-refractivity contribution in [2.24, 2.45) is 0 Å². The van der Waals surface area contributed by atoms with Crippen LogP contribution in [0.2, 0.25) is 0 Å². The molecule has 1 aliphatic carbocycles. The topological polar surface area (TPSA) is 66.8 Å². The standard InChI is InChI=1S/C26H29N3O3/c1-29(20-7-5-18(6-8-20)17-3-4-17)21-9-10-22-19(16-32-25(22)13-21)14-28-24-15-27-12-11-23(24)26(30)31-2/h5-13,15,17,19,26,28,30H,3-4,14,16H2,1-2H3/t19-,26?/m1/s1. The van der Waals surface area contributed by atoms with E-state index in [1.165, 1.54) is 36.8 Å². The molecular weight excluding hydrogens is 402 g/mol. The summed E-state index contributed by atoms with van der Waals surface area (Å²) in [6.07, 6.45) is 5.02. The van der Waals surface area contributed by atoms with Gasteiger partial charge in [0, 0.05) is 61.4 Å². The first kappa shape index (κ1) is 20.8. The molecule has 32 heavy (non-hydrogen) atoms. The SMILES string of the molecule is COC(O)c1ccncc1NC[C@@H]1COc2cc(N(C)c3ccc(C4CC4)cc3)ccc21. The van der Waals surface area contributed by atoms with Crippen LogP contribution in [0.25, 0.3) is 0 Å². The number of aromatic nitrogens is 1. The molecule has 1 fully saturated rings. The van der Waals surface area contributed by atoms with E-state index in [2.05, 4.69) is 64.7 Å². The van der Waals surface area contributed by atoms with Gasteiger partial charge in [0.2, 0.25) is 0 Å². The predicted octanol–water partition coefficient (Wildman–Crippen LogP) is 4.95. The Morgan fingerprint density at radius 3 is 2.69 bits per heavy atom. The fourth-order valence-electron chi connectivity index (χ4n) is 4.31. The van der Waals surface area contributed by atoms with Crippen LogP contribution in [0.1, 0.15) is 47.7 Å². The van der Waals surface area contributed by atoms with Gasteiger partial charge in [0.1, 0.15) is 5.75 Å². The lowest BCUT2D eigenvalue weighted by atomic mass is 10.0. The van der Waals surface area contributed by atoms with Gasteiger partial charge in [-0.25, -0.2) is 0 Å². The number of pyridine rings is 1. The second-order valence-electron chi connectivity index (χ2n) is 8.59. The summed E-state index contributed by atoms with van der Waals surface area (Å²) < 4.78 is 11.1. The summed E-state index contributed by atoms with van der Waals surface area (Å²) in [6.45, 7) is 1.30. The molecule has 0 amide bonds. The van der Waals surface area contributed by atoms with Crippen molar-refractivity contribution in [1.29, 1.82) is 0 Å². The largest absolute Gasteiger partial charge is 0.493 e. The van der Waals surface area contributed by atoms with Crippen molar-refractivity contribution in [2.45, 2.75) is 31.0 Å². The minimum atomic E-state index is -0.982. The van der Waals surface area contributed by atoms with Crippen molar-refractivity contribution in [3.63, 3.8) is 0 Å². The van der Waals surface area contributed by atoms with Gasteiger partial charge in [-0.15, -0.1) is 0 Å². The molecular formula is C26H29N3O3. The zero-order valence-electron chi connectivity index (χ0n) is 18.5. The van der Waals surface area contributed by atoms with Crippen LogP contribution in [-0.2, 0) is 4.74 Å². The summed E-state index contributed by atoms with van der Waals surface area (Å²) in [5.41, 5.74) is 6.36. The smallest absolute Gasteiger partial charge is 0.182 e. The average molecular weight is 432 g/mol. The zero-order valence-corrected chi connectivity index (χ0v) is 18.5. The van der Waals surface area contributed by atoms with Gasteiger partial charge >= 0.3 is 0 Å². The van der Waals surface area contributed by atoms with Gasteiger partial charge < -0.3 is 24.8 Å². The number of methoxy groups -OCH3 is 1. The van der Waals surface area contributed by atoms with Gasteiger partial charge in [-0.05, 0) is 48.6 Å². The van der Waals surface area contributed by atoms with E-state index in [9.17, 15) is 5.11 Å². The maximum atomic E-state index is 10.1. The Morgan fingerprint density at radius 1 is 1.16 bits per heavy atom. The molecule has 1 aromatic heterocycles. The Hall–Kier alpha value is -3.09. The monoisotopic (exact) mass is 431 g/mol. The third kappa shape index (κ3) is 4.16. The van der Waals surface area contributed by atoms with E-state index in [0.29, 0.717) is 18.7 Å². The summed E-state index contributed by atoms with van der Waals surface area (Å²) >= 11 is 0. The lowest BCUT2D eigenvalue weighted by Gasteiger charge is -2.21. The number of ether oxygens (including phenoxy) is 2. The van der Waals surface area contributed by atoms with Crippen LogP contribution < -0.4 is 15.0 Å². The Labute approximate surface area is 188 Å². The van der Waals surface area contributed by atoms with Gasteiger partial charge in [0.15, 0.2) is 6.29 Å². The first-order valence-electron chi connectivity index (χ1n) is 11.1. The number of anilines is 3. The molecule has 0 bridgehead atoms. The van der Waals surface area contributed by atoms with E-state index in [-0.39, 0.29) is 5.92 Å². The van der Waals surface area contributed by atoms with Crippen LogP contribution in [0.15, 0.2) is 60.9 Å². The number of nitrogens with one attached hydrogen (secondary N) is 1. The Balaban J connectivity index is 1.27. The Morgan fingerprint density at radius 2 is 1.94 bits per heavy atom. The second kappa shape index (κ2) is 8.81. The Kier molecular flexibility index (Phi) is 5.72. The van der Waals surface area contributed by atoms with Crippen LogP contribution in [-0.4, -0.2) is 37.4 Å². The molecule has 1 unspecified atom stereocenters. The van der Waals surface area contributed by atoms with E-state index in [0.717, 1.165) is 23.0 Å². The lowest BCUT2D eigenvalue weighted by molar-refractivity contribution is -0.0764. The number of aliphatic hydroxyl groups is 1. The molecule has 0 saturated heterocycles. The van der Waals surface area contributed by atoms with Crippen molar-refractivity contribution in [1.82, 2.24) is 4.98 Å². The van der Waals surface area contributed by atoms with E-state index < -0.39 is 6.29 Å². The van der Waals surface area contributed by atoms with Crippen molar-refractivity contribution >= 4 is 17.1 Å². The first-order chi connectivity index (χ1) is 15.6. The molecule has 6 heteroatoms. The third-order valence-corrected chi connectivity index (χ3v) is 6.48. The molecule has 2 atom stereocenters. The van der Waals surface area contributed by atoms with E-state index in [4.69, 9.17) is 9.47 Å². The molecule has 6 nitrogen and oxygen atoms in total. The maximum Gasteiger partial charge on any atom is 0.182 e. The summed E-state index contributed by atoms with van der Waals surface area (Å²) in [5, 5.41) is 13.5. The number of fused-ring (bicyclic) bond motifs is 1. The van der Waals surface area contributed by atoms with Gasteiger partial charge in [-0.3, -0.25) is 4.98 Å². The zero-order chi connectivity index (χ0) is 22.1. The number of nitrogens with zero attached hydrogens (tertiary/aromatic N) is 2. The summed E-state index contributed by atoms with van der Waals surface area (Å²) in [4.78, 5) is 6.36. The highest BCUT2D eigenvalue weighted by atomic mass is 16.6. The number of hydrogen-bond acceptors (Lipinski definition) is 6. The molecule has 3 aromatic rings. The predicted molar refractivity (Wildman–Crippen MR) is 126 cm³/mol. The molecule has 0 radical (unpaired) electrons. The molecule has 2 heterocycles. The van der Waals surface area contributed by atoms with Gasteiger partial charge in [-0.2, -0.15) is 0 Å². The highest BCUT2D eigenvalue weighted by Crippen LogP contribution is 2.41. The number of rotatable bonds is 8. The van der Waals surface area contributed by atoms with Crippen LogP contribution in [0.3, 0.4) is 0 Å². The number of benzene rings is 2. The van der Waals surface area contributed by atoms with E-state index in [1.54, 1.807) is 18.5 Å². The molecule has 2 aromatic carbocycles. The van der Waals surface area contributed by atoms with Crippen molar-refractivity contribution < 1.29 is 14.6 Å².